The van der Waals surface area contributed by atoms with E-state index in [1.807, 2.05) is 0 Å². The summed E-state index contributed by atoms with van der Waals surface area (Å²) in [5.74, 6) is 0. The molecule has 0 amide bonds. The number of hydrogen-bond donors (Lipinski definition) is 1. The van der Waals surface area contributed by atoms with E-state index in [1.165, 1.54) is 5.56 Å². The van der Waals surface area contributed by atoms with Gasteiger partial charge in [0.1, 0.15) is 0 Å². The summed E-state index contributed by atoms with van der Waals surface area (Å²) < 4.78 is 5.67. The number of piperazine rings is 1. The van der Waals surface area contributed by atoms with Crippen LogP contribution in [0.4, 0.5) is 0 Å². The molecule has 3 unspecified atom stereocenters. The Morgan fingerprint density at radius 1 is 1.33 bits per heavy atom. The molecule has 118 valence electrons. The molecule has 1 saturated heterocycles. The van der Waals surface area contributed by atoms with Gasteiger partial charge in [-0.05, 0) is 32.8 Å². The molecule has 0 bridgehead atoms. The first-order valence-corrected chi connectivity index (χ1v) is 8.23. The minimum Gasteiger partial charge on any atom is -0.380 e. The lowest BCUT2D eigenvalue weighted by molar-refractivity contribution is 0.00777. The minimum absolute atomic E-state index is 0.200. The highest BCUT2D eigenvalue weighted by Gasteiger charge is 2.37. The Balaban J connectivity index is 2.18. The number of benzene rings is 1. The molecule has 1 aromatic rings. The van der Waals surface area contributed by atoms with Crippen molar-refractivity contribution in [1.29, 1.82) is 0 Å². The average Bonchev–Trinajstić information content (AvgIpc) is 2.53. The van der Waals surface area contributed by atoms with Crippen LogP contribution in [0.3, 0.4) is 0 Å². The predicted molar refractivity (Wildman–Crippen MR) is 88.5 cm³/mol. The quantitative estimate of drug-likeness (QED) is 0.870. The molecule has 3 atom stereocenters. The molecule has 1 heterocycles. The van der Waals surface area contributed by atoms with Gasteiger partial charge in [-0.3, -0.25) is 4.90 Å². The van der Waals surface area contributed by atoms with Crippen molar-refractivity contribution in [3.05, 3.63) is 35.9 Å². The van der Waals surface area contributed by atoms with Crippen molar-refractivity contribution in [2.45, 2.75) is 51.7 Å². The smallest absolute Gasteiger partial charge is 0.0619 e. The van der Waals surface area contributed by atoms with Crippen molar-refractivity contribution in [3.8, 4) is 0 Å². The van der Waals surface area contributed by atoms with Crippen LogP contribution in [0, 0.1) is 0 Å². The van der Waals surface area contributed by atoms with Gasteiger partial charge in [0.25, 0.3) is 0 Å². The highest BCUT2D eigenvalue weighted by molar-refractivity contribution is 5.21. The van der Waals surface area contributed by atoms with Gasteiger partial charge >= 0.3 is 0 Å². The van der Waals surface area contributed by atoms with Crippen molar-refractivity contribution in [2.75, 3.05) is 26.3 Å². The highest BCUT2D eigenvalue weighted by atomic mass is 16.5. The number of nitrogens with one attached hydrogen (secondary N) is 1. The van der Waals surface area contributed by atoms with Gasteiger partial charge in [0.05, 0.1) is 6.61 Å². The Morgan fingerprint density at radius 3 is 2.67 bits per heavy atom. The molecule has 1 fully saturated rings. The maximum absolute atomic E-state index is 5.67. The Hall–Kier alpha value is -0.900. The summed E-state index contributed by atoms with van der Waals surface area (Å²) in [6.45, 7) is 12.6. The van der Waals surface area contributed by atoms with Crippen molar-refractivity contribution in [1.82, 2.24) is 10.2 Å². The summed E-state index contributed by atoms with van der Waals surface area (Å²) in [5.41, 5.74) is 1.60. The third-order valence-electron chi connectivity index (χ3n) is 4.75. The summed E-state index contributed by atoms with van der Waals surface area (Å²) in [6.07, 6.45) is 1.15. The molecule has 0 radical (unpaired) electrons. The standard InChI is InChI=1S/C18H30N2O/c1-5-18(4)14-20(15(3)13-21-6-2)17(12-19-18)16-10-8-7-9-11-16/h7-11,15,17,19H,5-6,12-14H2,1-4H3. The van der Waals surface area contributed by atoms with Crippen LogP contribution in [-0.4, -0.2) is 42.8 Å². The van der Waals surface area contributed by atoms with Crippen LogP contribution in [0.2, 0.25) is 0 Å². The molecule has 21 heavy (non-hydrogen) atoms. The first-order chi connectivity index (χ1) is 10.1. The molecule has 0 aliphatic carbocycles. The van der Waals surface area contributed by atoms with Crippen LogP contribution in [0.15, 0.2) is 30.3 Å². The fraction of sp³-hybridized carbons (Fsp3) is 0.667. The lowest BCUT2D eigenvalue weighted by Gasteiger charge is -2.48. The summed E-state index contributed by atoms with van der Waals surface area (Å²) >= 11 is 0. The molecule has 1 aliphatic rings. The molecule has 0 aromatic heterocycles. The van der Waals surface area contributed by atoms with E-state index in [4.69, 9.17) is 4.74 Å². The van der Waals surface area contributed by atoms with Crippen molar-refractivity contribution in [3.63, 3.8) is 0 Å². The normalized spacial score (nSPS) is 28.5. The zero-order valence-electron chi connectivity index (χ0n) is 13.9. The Kier molecular flexibility index (Phi) is 5.80. The summed E-state index contributed by atoms with van der Waals surface area (Å²) in [4.78, 5) is 2.62. The molecule has 2 rings (SSSR count). The maximum atomic E-state index is 5.67. The third-order valence-corrected chi connectivity index (χ3v) is 4.75. The lowest BCUT2D eigenvalue weighted by Crippen LogP contribution is -2.61. The van der Waals surface area contributed by atoms with Gasteiger partial charge in [0.15, 0.2) is 0 Å². The minimum atomic E-state index is 0.200. The van der Waals surface area contributed by atoms with Gasteiger partial charge in [-0.2, -0.15) is 0 Å². The number of nitrogens with zero attached hydrogens (tertiary/aromatic N) is 1. The van der Waals surface area contributed by atoms with Gasteiger partial charge < -0.3 is 10.1 Å². The summed E-state index contributed by atoms with van der Waals surface area (Å²) in [7, 11) is 0. The fourth-order valence-corrected chi connectivity index (χ4v) is 3.10. The molecular formula is C18H30N2O. The molecule has 0 saturated carbocycles. The van der Waals surface area contributed by atoms with Gasteiger partial charge in [-0.15, -0.1) is 0 Å². The first-order valence-electron chi connectivity index (χ1n) is 8.23. The topological polar surface area (TPSA) is 24.5 Å². The SMILES string of the molecule is CCOCC(C)N1CC(C)(CC)NCC1c1ccccc1. The van der Waals surface area contributed by atoms with Crippen molar-refractivity contribution >= 4 is 0 Å². The van der Waals surface area contributed by atoms with Crippen LogP contribution in [-0.2, 0) is 4.74 Å². The number of ether oxygens (including phenoxy) is 1. The predicted octanol–water partition coefficient (Wildman–Crippen LogP) is 3.23. The fourth-order valence-electron chi connectivity index (χ4n) is 3.10. The average molecular weight is 290 g/mol. The van der Waals surface area contributed by atoms with Gasteiger partial charge in [-0.1, -0.05) is 37.3 Å². The van der Waals surface area contributed by atoms with Crippen molar-refractivity contribution in [2.24, 2.45) is 0 Å². The maximum Gasteiger partial charge on any atom is 0.0619 e. The van der Waals surface area contributed by atoms with Crippen LogP contribution in [0.25, 0.3) is 0 Å². The zero-order valence-corrected chi connectivity index (χ0v) is 13.9. The van der Waals surface area contributed by atoms with Gasteiger partial charge in [0.2, 0.25) is 0 Å². The van der Waals surface area contributed by atoms with E-state index in [-0.39, 0.29) is 5.54 Å². The van der Waals surface area contributed by atoms with Crippen LogP contribution in [0.1, 0.15) is 45.7 Å². The van der Waals surface area contributed by atoms with E-state index in [1.54, 1.807) is 0 Å². The molecule has 3 heteroatoms. The number of rotatable bonds is 6. The van der Waals surface area contributed by atoms with E-state index in [0.717, 1.165) is 32.7 Å². The molecule has 0 spiro atoms. The third kappa shape index (κ3) is 4.06. The molecule has 1 aromatic carbocycles. The molecule has 1 aliphatic heterocycles. The molecular weight excluding hydrogens is 260 g/mol. The zero-order chi connectivity index (χ0) is 15.3. The second-order valence-corrected chi connectivity index (χ2v) is 6.40. The van der Waals surface area contributed by atoms with Crippen LogP contribution >= 0.6 is 0 Å². The van der Waals surface area contributed by atoms with E-state index >= 15 is 0 Å². The van der Waals surface area contributed by atoms with E-state index in [2.05, 4.69) is 68.2 Å². The second-order valence-electron chi connectivity index (χ2n) is 6.40. The first kappa shape index (κ1) is 16.5. The van der Waals surface area contributed by atoms with Gasteiger partial charge in [-0.25, -0.2) is 0 Å². The van der Waals surface area contributed by atoms with Crippen molar-refractivity contribution < 1.29 is 4.74 Å². The largest absolute Gasteiger partial charge is 0.380 e. The Morgan fingerprint density at radius 2 is 2.05 bits per heavy atom. The van der Waals surface area contributed by atoms with Crippen LogP contribution < -0.4 is 5.32 Å². The highest BCUT2D eigenvalue weighted by Crippen LogP contribution is 2.30. The second kappa shape index (κ2) is 7.39. The summed E-state index contributed by atoms with van der Waals surface area (Å²) in [6, 6.07) is 11.7. The Labute approximate surface area is 129 Å². The van der Waals surface area contributed by atoms with E-state index in [0.29, 0.717) is 12.1 Å². The Bertz CT molecular complexity index is 422. The monoisotopic (exact) mass is 290 g/mol. The van der Waals surface area contributed by atoms with E-state index in [9.17, 15) is 0 Å². The molecule has 1 N–H and O–H groups in total. The van der Waals surface area contributed by atoms with Crippen LogP contribution in [0.5, 0.6) is 0 Å². The number of hydrogen-bond acceptors (Lipinski definition) is 3. The summed E-state index contributed by atoms with van der Waals surface area (Å²) in [5, 5.41) is 3.75. The lowest BCUT2D eigenvalue weighted by atomic mass is 9.90. The van der Waals surface area contributed by atoms with Gasteiger partial charge in [0, 0.05) is 37.3 Å². The molecule has 3 nitrogen and oxygen atoms in total. The van der Waals surface area contributed by atoms with E-state index < -0.39 is 0 Å².